The third-order valence-electron chi connectivity index (χ3n) is 4.77. The molecule has 0 heterocycles. The molecule has 27 heavy (non-hydrogen) atoms. The van der Waals surface area contributed by atoms with Crippen LogP contribution in [0, 0.1) is 0 Å². The molecule has 0 spiro atoms. The Bertz CT molecular complexity index is 586. The van der Waals surface area contributed by atoms with E-state index in [-0.39, 0.29) is 30.6 Å². The molecule has 2 aromatic rings. The molecular formula is C24H35NO2. The molecule has 0 aliphatic rings. The SMILES string of the molecule is CC(C)OC(CN([C@H](C)c1ccccc1)[C@H](C)c1ccccc1)OC(C)C. The van der Waals surface area contributed by atoms with E-state index in [0.717, 1.165) is 0 Å². The molecule has 2 atom stereocenters. The Balaban J connectivity index is 2.29. The minimum Gasteiger partial charge on any atom is -0.349 e. The molecule has 0 aromatic heterocycles. The molecule has 2 aromatic carbocycles. The average Bonchev–Trinajstić information content (AvgIpc) is 2.65. The molecular weight excluding hydrogens is 334 g/mol. The smallest absolute Gasteiger partial charge is 0.170 e. The van der Waals surface area contributed by atoms with Crippen molar-refractivity contribution < 1.29 is 9.47 Å². The first-order valence-electron chi connectivity index (χ1n) is 10.0. The number of hydrogen-bond donors (Lipinski definition) is 0. The molecule has 2 rings (SSSR count). The van der Waals surface area contributed by atoms with Crippen molar-refractivity contribution in [2.24, 2.45) is 0 Å². The van der Waals surface area contributed by atoms with E-state index in [1.807, 2.05) is 0 Å². The molecule has 0 N–H and O–H groups in total. The zero-order valence-corrected chi connectivity index (χ0v) is 17.6. The molecule has 0 saturated carbocycles. The van der Waals surface area contributed by atoms with Crippen LogP contribution in [0.25, 0.3) is 0 Å². The first-order chi connectivity index (χ1) is 12.9. The van der Waals surface area contributed by atoms with Gasteiger partial charge in [0.05, 0.1) is 18.8 Å². The summed E-state index contributed by atoms with van der Waals surface area (Å²) in [7, 11) is 0. The summed E-state index contributed by atoms with van der Waals surface area (Å²) < 4.78 is 12.2. The molecule has 3 nitrogen and oxygen atoms in total. The monoisotopic (exact) mass is 369 g/mol. The van der Waals surface area contributed by atoms with E-state index in [4.69, 9.17) is 9.47 Å². The van der Waals surface area contributed by atoms with Crippen LogP contribution in [0.3, 0.4) is 0 Å². The second kappa shape index (κ2) is 10.6. The van der Waals surface area contributed by atoms with E-state index in [1.165, 1.54) is 11.1 Å². The minimum atomic E-state index is -0.262. The van der Waals surface area contributed by atoms with Crippen LogP contribution >= 0.6 is 0 Å². The van der Waals surface area contributed by atoms with Crippen LogP contribution in [0.2, 0.25) is 0 Å². The highest BCUT2D eigenvalue weighted by Crippen LogP contribution is 2.31. The summed E-state index contributed by atoms with van der Waals surface area (Å²) in [5.41, 5.74) is 2.60. The largest absolute Gasteiger partial charge is 0.349 e. The number of hydrogen-bond acceptors (Lipinski definition) is 3. The van der Waals surface area contributed by atoms with E-state index >= 15 is 0 Å². The highest BCUT2D eigenvalue weighted by Gasteiger charge is 2.27. The highest BCUT2D eigenvalue weighted by molar-refractivity contribution is 5.22. The fraction of sp³-hybridized carbons (Fsp3) is 0.500. The van der Waals surface area contributed by atoms with Gasteiger partial charge >= 0.3 is 0 Å². The Morgan fingerprint density at radius 3 is 1.33 bits per heavy atom. The summed E-state index contributed by atoms with van der Waals surface area (Å²) in [4.78, 5) is 2.47. The Morgan fingerprint density at radius 2 is 1.00 bits per heavy atom. The highest BCUT2D eigenvalue weighted by atomic mass is 16.7. The van der Waals surface area contributed by atoms with Gasteiger partial charge in [-0.25, -0.2) is 0 Å². The third-order valence-corrected chi connectivity index (χ3v) is 4.77. The lowest BCUT2D eigenvalue weighted by Gasteiger charge is -2.38. The van der Waals surface area contributed by atoms with Crippen LogP contribution in [0.15, 0.2) is 60.7 Å². The fourth-order valence-corrected chi connectivity index (χ4v) is 3.40. The second-order valence-electron chi connectivity index (χ2n) is 7.67. The van der Waals surface area contributed by atoms with Crippen LogP contribution in [-0.4, -0.2) is 29.9 Å². The van der Waals surface area contributed by atoms with Gasteiger partial charge in [-0.05, 0) is 52.7 Å². The van der Waals surface area contributed by atoms with Crippen molar-refractivity contribution in [3.05, 3.63) is 71.8 Å². The van der Waals surface area contributed by atoms with Gasteiger partial charge in [-0.2, -0.15) is 0 Å². The van der Waals surface area contributed by atoms with E-state index < -0.39 is 0 Å². The molecule has 148 valence electrons. The quantitative estimate of drug-likeness (QED) is 0.480. The molecule has 0 saturated heterocycles. The fourth-order valence-electron chi connectivity index (χ4n) is 3.40. The van der Waals surface area contributed by atoms with E-state index in [0.29, 0.717) is 6.54 Å². The number of nitrogens with zero attached hydrogens (tertiary/aromatic N) is 1. The summed E-state index contributed by atoms with van der Waals surface area (Å²) in [6.07, 6.45) is -0.0216. The summed E-state index contributed by atoms with van der Waals surface area (Å²) in [5.74, 6) is 0. The van der Waals surface area contributed by atoms with Crippen molar-refractivity contribution in [2.45, 2.75) is 72.1 Å². The number of benzene rings is 2. The number of ether oxygens (including phenoxy) is 2. The first kappa shape index (κ1) is 21.6. The predicted octanol–water partition coefficient (Wildman–Crippen LogP) is 5.99. The topological polar surface area (TPSA) is 21.7 Å². The van der Waals surface area contributed by atoms with Crippen molar-refractivity contribution in [1.82, 2.24) is 4.90 Å². The summed E-state index contributed by atoms with van der Waals surface area (Å²) >= 11 is 0. The summed E-state index contributed by atoms with van der Waals surface area (Å²) in [6.45, 7) is 13.5. The standard InChI is InChI=1S/C24H35NO2/c1-18(2)26-24(27-19(3)4)17-25(20(5)22-13-9-7-10-14-22)21(6)23-15-11-8-12-16-23/h7-16,18-21,24H,17H2,1-6H3/t20-,21-/m1/s1. The van der Waals surface area contributed by atoms with Crippen molar-refractivity contribution in [3.63, 3.8) is 0 Å². The number of rotatable bonds is 10. The molecule has 0 unspecified atom stereocenters. The molecule has 0 radical (unpaired) electrons. The maximum absolute atomic E-state index is 6.10. The zero-order chi connectivity index (χ0) is 19.8. The van der Waals surface area contributed by atoms with Gasteiger partial charge < -0.3 is 9.47 Å². The van der Waals surface area contributed by atoms with E-state index in [9.17, 15) is 0 Å². The van der Waals surface area contributed by atoms with Crippen LogP contribution in [0.1, 0.15) is 64.8 Å². The Labute approximate surface area is 165 Å². The average molecular weight is 370 g/mol. The van der Waals surface area contributed by atoms with Crippen molar-refractivity contribution >= 4 is 0 Å². The van der Waals surface area contributed by atoms with Gasteiger partial charge in [0.2, 0.25) is 0 Å². The third kappa shape index (κ3) is 6.76. The van der Waals surface area contributed by atoms with Gasteiger partial charge in [-0.15, -0.1) is 0 Å². The molecule has 0 aliphatic heterocycles. The van der Waals surface area contributed by atoms with Crippen LogP contribution in [0.5, 0.6) is 0 Å². The lowest BCUT2D eigenvalue weighted by molar-refractivity contribution is -0.194. The maximum Gasteiger partial charge on any atom is 0.170 e. The lowest BCUT2D eigenvalue weighted by Crippen LogP contribution is -2.40. The van der Waals surface area contributed by atoms with Crippen molar-refractivity contribution in [3.8, 4) is 0 Å². The summed E-state index contributed by atoms with van der Waals surface area (Å²) in [6, 6.07) is 21.8. The van der Waals surface area contributed by atoms with Gasteiger partial charge in [0, 0.05) is 12.1 Å². The van der Waals surface area contributed by atoms with Crippen molar-refractivity contribution in [1.29, 1.82) is 0 Å². The Kier molecular flexibility index (Phi) is 8.49. The normalized spacial score (nSPS) is 14.3. The molecule has 0 amide bonds. The Morgan fingerprint density at radius 1 is 0.630 bits per heavy atom. The van der Waals surface area contributed by atoms with Crippen LogP contribution in [0.4, 0.5) is 0 Å². The van der Waals surface area contributed by atoms with Gasteiger partial charge in [0.15, 0.2) is 6.29 Å². The minimum absolute atomic E-state index is 0.120. The van der Waals surface area contributed by atoms with Crippen LogP contribution < -0.4 is 0 Å². The predicted molar refractivity (Wildman–Crippen MR) is 113 cm³/mol. The van der Waals surface area contributed by atoms with Crippen molar-refractivity contribution in [2.75, 3.05) is 6.54 Å². The molecule has 0 aliphatic carbocycles. The molecule has 0 bridgehead atoms. The van der Waals surface area contributed by atoms with Crippen LogP contribution in [-0.2, 0) is 9.47 Å². The first-order valence-corrected chi connectivity index (χ1v) is 10.0. The Hall–Kier alpha value is -1.68. The molecule has 0 fully saturated rings. The van der Waals surface area contributed by atoms with E-state index in [2.05, 4.69) is 107 Å². The second-order valence-corrected chi connectivity index (χ2v) is 7.67. The van der Waals surface area contributed by atoms with E-state index in [1.54, 1.807) is 0 Å². The van der Waals surface area contributed by atoms with Gasteiger partial charge in [-0.3, -0.25) is 4.90 Å². The summed E-state index contributed by atoms with van der Waals surface area (Å²) in [5, 5.41) is 0. The van der Waals surface area contributed by atoms with Gasteiger partial charge in [-0.1, -0.05) is 60.7 Å². The lowest BCUT2D eigenvalue weighted by atomic mass is 10.0. The van der Waals surface area contributed by atoms with Gasteiger partial charge in [0.1, 0.15) is 0 Å². The molecule has 3 heteroatoms. The maximum atomic E-state index is 6.10. The zero-order valence-electron chi connectivity index (χ0n) is 17.6. The van der Waals surface area contributed by atoms with Gasteiger partial charge in [0.25, 0.3) is 0 Å².